The van der Waals surface area contributed by atoms with E-state index in [2.05, 4.69) is 33.9 Å². The second-order valence-electron chi connectivity index (χ2n) is 6.67. The molecule has 0 aliphatic carbocycles. The third kappa shape index (κ3) is 3.46. The Bertz CT molecular complexity index is 1040. The Kier molecular flexibility index (Phi) is 4.46. The summed E-state index contributed by atoms with van der Waals surface area (Å²) in [4.78, 5) is 11.1. The number of aromatic hydroxyl groups is 1. The minimum absolute atomic E-state index is 0.216. The number of benzene rings is 2. The molecule has 1 N–H and O–H groups in total. The zero-order valence-electron chi connectivity index (χ0n) is 15.3. The Hall–Kier alpha value is -3.41. The van der Waals surface area contributed by atoms with Crippen LogP contribution in [0.5, 0.6) is 5.75 Å². The maximum absolute atomic E-state index is 9.48. The summed E-state index contributed by atoms with van der Waals surface area (Å²) in [5.41, 5.74) is 3.08. The van der Waals surface area contributed by atoms with E-state index in [1.54, 1.807) is 16.6 Å². The molecular formula is C21H21N5O. The van der Waals surface area contributed by atoms with Gasteiger partial charge >= 0.3 is 0 Å². The summed E-state index contributed by atoms with van der Waals surface area (Å²) in [7, 11) is 2.05. The van der Waals surface area contributed by atoms with Crippen molar-refractivity contribution < 1.29 is 5.11 Å². The van der Waals surface area contributed by atoms with Crippen LogP contribution >= 0.6 is 0 Å². The third-order valence-corrected chi connectivity index (χ3v) is 4.79. The van der Waals surface area contributed by atoms with Gasteiger partial charge in [-0.1, -0.05) is 42.5 Å². The fourth-order valence-corrected chi connectivity index (χ4v) is 3.14. The fourth-order valence-electron chi connectivity index (χ4n) is 3.14. The normalized spacial score (nSPS) is 12.2. The number of phenolic OH excluding ortho intramolecular Hbond substituents is 1. The Balaban J connectivity index is 1.69. The predicted octanol–water partition coefficient (Wildman–Crippen LogP) is 3.56. The molecule has 0 bridgehead atoms. The molecule has 0 amide bonds. The van der Waals surface area contributed by atoms with Crippen molar-refractivity contribution in [1.82, 2.24) is 19.6 Å². The minimum atomic E-state index is 0.216. The molecule has 0 radical (unpaired) electrons. The van der Waals surface area contributed by atoms with Gasteiger partial charge in [-0.25, -0.2) is 4.98 Å². The number of hydrogen-bond acceptors (Lipinski definition) is 5. The van der Waals surface area contributed by atoms with Crippen molar-refractivity contribution in [2.24, 2.45) is 0 Å². The van der Waals surface area contributed by atoms with Crippen molar-refractivity contribution in [1.29, 1.82) is 0 Å². The zero-order valence-corrected chi connectivity index (χ0v) is 15.3. The maximum atomic E-state index is 9.48. The quantitative estimate of drug-likeness (QED) is 0.590. The lowest BCUT2D eigenvalue weighted by Crippen LogP contribution is -2.32. The summed E-state index contributed by atoms with van der Waals surface area (Å²) in [6.07, 6.45) is 2.37. The Morgan fingerprint density at radius 2 is 1.81 bits per heavy atom. The molecule has 4 rings (SSSR count). The maximum Gasteiger partial charge on any atom is 0.254 e. The lowest BCUT2D eigenvalue weighted by molar-refractivity contribution is 0.475. The van der Waals surface area contributed by atoms with Crippen molar-refractivity contribution >= 4 is 11.6 Å². The van der Waals surface area contributed by atoms with Crippen LogP contribution in [-0.4, -0.2) is 37.8 Å². The van der Waals surface area contributed by atoms with Crippen LogP contribution in [0.25, 0.3) is 17.0 Å². The molecule has 4 aromatic rings. The summed E-state index contributed by atoms with van der Waals surface area (Å²) in [6.45, 7) is 2.16. The van der Waals surface area contributed by atoms with Crippen molar-refractivity contribution in [3.05, 3.63) is 72.6 Å². The number of hydrogen-bond donors (Lipinski definition) is 1. The highest BCUT2D eigenvalue weighted by molar-refractivity contribution is 5.65. The third-order valence-electron chi connectivity index (χ3n) is 4.79. The lowest BCUT2D eigenvalue weighted by atomic mass is 10.1. The van der Waals surface area contributed by atoms with E-state index in [1.165, 1.54) is 11.9 Å². The SMILES string of the molecule is C[C@H](Cc1ccc(O)cc1)N(C)c1cc(-c2ccccc2)nc2ncnn12. The topological polar surface area (TPSA) is 66.5 Å². The van der Waals surface area contributed by atoms with Gasteiger partial charge in [-0.3, -0.25) is 0 Å². The minimum Gasteiger partial charge on any atom is -0.508 e. The molecule has 6 heteroatoms. The largest absolute Gasteiger partial charge is 0.508 e. The Labute approximate surface area is 157 Å². The highest BCUT2D eigenvalue weighted by Crippen LogP contribution is 2.25. The molecule has 0 saturated heterocycles. The van der Waals surface area contributed by atoms with Crippen LogP contribution in [0.15, 0.2) is 67.0 Å². The van der Waals surface area contributed by atoms with Crippen LogP contribution in [0, 0.1) is 0 Å². The van der Waals surface area contributed by atoms with Crippen LogP contribution in [-0.2, 0) is 6.42 Å². The van der Waals surface area contributed by atoms with Gasteiger partial charge in [-0.2, -0.15) is 14.6 Å². The van der Waals surface area contributed by atoms with Gasteiger partial charge in [0.25, 0.3) is 5.78 Å². The number of fused-ring (bicyclic) bond motifs is 1. The van der Waals surface area contributed by atoms with Crippen LogP contribution < -0.4 is 4.90 Å². The van der Waals surface area contributed by atoms with Crippen molar-refractivity contribution in [3.63, 3.8) is 0 Å². The van der Waals surface area contributed by atoms with E-state index in [1.807, 2.05) is 48.5 Å². The fraction of sp³-hybridized carbons (Fsp3) is 0.190. The van der Waals surface area contributed by atoms with Gasteiger partial charge in [0.05, 0.1) is 5.69 Å². The molecule has 0 fully saturated rings. The van der Waals surface area contributed by atoms with E-state index in [9.17, 15) is 5.11 Å². The van der Waals surface area contributed by atoms with Crippen molar-refractivity contribution in [3.8, 4) is 17.0 Å². The van der Waals surface area contributed by atoms with Crippen LogP contribution in [0.4, 0.5) is 5.82 Å². The molecule has 0 unspecified atom stereocenters. The van der Waals surface area contributed by atoms with Gasteiger partial charge in [-0.15, -0.1) is 0 Å². The molecule has 136 valence electrons. The van der Waals surface area contributed by atoms with E-state index in [4.69, 9.17) is 0 Å². The molecule has 2 aromatic carbocycles. The molecular weight excluding hydrogens is 338 g/mol. The van der Waals surface area contributed by atoms with Crippen LogP contribution in [0.2, 0.25) is 0 Å². The molecule has 27 heavy (non-hydrogen) atoms. The highest BCUT2D eigenvalue weighted by Gasteiger charge is 2.17. The second kappa shape index (κ2) is 7.07. The van der Waals surface area contributed by atoms with Gasteiger partial charge in [0.2, 0.25) is 0 Å². The zero-order chi connectivity index (χ0) is 18.8. The second-order valence-corrected chi connectivity index (χ2v) is 6.67. The van der Waals surface area contributed by atoms with E-state index in [-0.39, 0.29) is 11.8 Å². The number of anilines is 1. The van der Waals surface area contributed by atoms with Gasteiger partial charge in [0, 0.05) is 24.7 Å². The number of nitrogens with zero attached hydrogens (tertiary/aromatic N) is 5. The molecule has 6 nitrogen and oxygen atoms in total. The monoisotopic (exact) mass is 359 g/mol. The average molecular weight is 359 g/mol. The summed E-state index contributed by atoms with van der Waals surface area (Å²) >= 11 is 0. The van der Waals surface area contributed by atoms with E-state index in [0.29, 0.717) is 5.78 Å². The number of rotatable bonds is 5. The summed E-state index contributed by atoms with van der Waals surface area (Å²) in [5.74, 6) is 1.79. The Morgan fingerprint density at radius 1 is 1.07 bits per heavy atom. The first-order valence-corrected chi connectivity index (χ1v) is 8.89. The predicted molar refractivity (Wildman–Crippen MR) is 106 cm³/mol. The van der Waals surface area contributed by atoms with E-state index < -0.39 is 0 Å². The summed E-state index contributed by atoms with van der Waals surface area (Å²) in [6, 6.07) is 19.7. The van der Waals surface area contributed by atoms with E-state index >= 15 is 0 Å². The highest BCUT2D eigenvalue weighted by atomic mass is 16.3. The molecule has 2 aromatic heterocycles. The molecule has 0 spiro atoms. The summed E-state index contributed by atoms with van der Waals surface area (Å²) < 4.78 is 1.76. The van der Waals surface area contributed by atoms with Gasteiger partial charge in [-0.05, 0) is 31.0 Å². The number of likely N-dealkylation sites (N-methyl/N-ethyl adjacent to an activating group) is 1. The average Bonchev–Trinajstić information content (AvgIpc) is 3.18. The molecule has 0 saturated carbocycles. The number of aromatic nitrogens is 4. The van der Waals surface area contributed by atoms with Crippen molar-refractivity contribution in [2.45, 2.75) is 19.4 Å². The first-order chi connectivity index (χ1) is 13.1. The lowest BCUT2D eigenvalue weighted by Gasteiger charge is -2.27. The molecule has 2 heterocycles. The van der Waals surface area contributed by atoms with Crippen LogP contribution in [0.1, 0.15) is 12.5 Å². The molecule has 1 atom stereocenters. The van der Waals surface area contributed by atoms with E-state index in [0.717, 1.165) is 23.5 Å². The van der Waals surface area contributed by atoms with Gasteiger partial charge < -0.3 is 10.0 Å². The first kappa shape index (κ1) is 17.0. The van der Waals surface area contributed by atoms with Crippen molar-refractivity contribution in [2.75, 3.05) is 11.9 Å². The molecule has 0 aliphatic rings. The summed E-state index contributed by atoms with van der Waals surface area (Å²) in [5, 5.41) is 13.8. The van der Waals surface area contributed by atoms with Crippen LogP contribution in [0.3, 0.4) is 0 Å². The Morgan fingerprint density at radius 3 is 2.56 bits per heavy atom. The molecule has 0 aliphatic heterocycles. The van der Waals surface area contributed by atoms with Gasteiger partial charge in [0.1, 0.15) is 17.9 Å². The standard InChI is InChI=1S/C21H21N5O/c1-15(12-16-8-10-18(27)11-9-16)25(2)20-13-19(17-6-4-3-5-7-17)24-21-22-14-23-26(20)21/h3-11,13-15,27H,12H2,1-2H3/t15-/m1/s1. The smallest absolute Gasteiger partial charge is 0.254 e. The van der Waals surface area contributed by atoms with Gasteiger partial charge in [0.15, 0.2) is 0 Å². The number of phenols is 1. The first-order valence-electron chi connectivity index (χ1n) is 8.89.